The highest BCUT2D eigenvalue weighted by molar-refractivity contribution is 7.99. The Hall–Kier alpha value is -2.15. The molecule has 20 heavy (non-hydrogen) atoms. The molecule has 0 saturated carbocycles. The molecule has 1 heterocycles. The number of amides is 1. The third kappa shape index (κ3) is 4.20. The van der Waals surface area contributed by atoms with E-state index in [1.807, 2.05) is 0 Å². The standard InChI is InChI=1S/C13H12FN3O2S/c1-8-5-12(17-13(19)15-8)20-7-11(18)16-10-4-2-3-9(14)6-10/h2-6H,7H2,1H3,(H,16,18)(H,15,17,19). The zero-order chi connectivity index (χ0) is 14.5. The van der Waals surface area contributed by atoms with Crippen molar-refractivity contribution in [2.45, 2.75) is 11.9 Å². The van der Waals surface area contributed by atoms with E-state index in [2.05, 4.69) is 15.3 Å². The van der Waals surface area contributed by atoms with Gasteiger partial charge in [0.05, 0.1) is 5.75 Å². The van der Waals surface area contributed by atoms with Crippen LogP contribution in [0.25, 0.3) is 0 Å². The number of benzene rings is 1. The molecule has 0 bridgehead atoms. The fourth-order valence-electron chi connectivity index (χ4n) is 1.53. The molecule has 0 aliphatic carbocycles. The number of aromatic nitrogens is 2. The predicted molar refractivity (Wildman–Crippen MR) is 75.3 cm³/mol. The maximum Gasteiger partial charge on any atom is 0.346 e. The Morgan fingerprint density at radius 3 is 2.95 bits per heavy atom. The van der Waals surface area contributed by atoms with Crippen molar-refractivity contribution in [3.8, 4) is 0 Å². The van der Waals surface area contributed by atoms with E-state index >= 15 is 0 Å². The number of aryl methyl sites for hydroxylation is 1. The number of thioether (sulfide) groups is 1. The van der Waals surface area contributed by atoms with Gasteiger partial charge in [-0.3, -0.25) is 4.79 Å². The molecule has 1 aromatic carbocycles. The summed E-state index contributed by atoms with van der Waals surface area (Å²) in [5, 5.41) is 3.04. The van der Waals surface area contributed by atoms with Crippen LogP contribution < -0.4 is 11.0 Å². The van der Waals surface area contributed by atoms with Crippen LogP contribution in [-0.2, 0) is 4.79 Å². The first kappa shape index (κ1) is 14.3. The first-order valence-corrected chi connectivity index (χ1v) is 6.78. The van der Waals surface area contributed by atoms with Crippen molar-refractivity contribution < 1.29 is 9.18 Å². The van der Waals surface area contributed by atoms with Crippen LogP contribution in [0.15, 0.2) is 40.2 Å². The number of aromatic amines is 1. The van der Waals surface area contributed by atoms with Crippen LogP contribution >= 0.6 is 11.8 Å². The van der Waals surface area contributed by atoms with Crippen LogP contribution in [0.4, 0.5) is 10.1 Å². The van der Waals surface area contributed by atoms with E-state index in [1.54, 1.807) is 19.1 Å². The van der Waals surface area contributed by atoms with Crippen molar-refractivity contribution in [1.29, 1.82) is 0 Å². The molecule has 7 heteroatoms. The molecule has 1 aromatic heterocycles. The monoisotopic (exact) mass is 293 g/mol. The molecule has 5 nitrogen and oxygen atoms in total. The van der Waals surface area contributed by atoms with Gasteiger partial charge in [-0.1, -0.05) is 17.8 Å². The minimum Gasteiger partial charge on any atom is -0.325 e. The molecule has 0 saturated heterocycles. The van der Waals surface area contributed by atoms with Crippen molar-refractivity contribution in [2.24, 2.45) is 0 Å². The average Bonchev–Trinajstić information content (AvgIpc) is 2.35. The van der Waals surface area contributed by atoms with Gasteiger partial charge in [0.15, 0.2) is 0 Å². The predicted octanol–water partition coefficient (Wildman–Crippen LogP) is 1.95. The van der Waals surface area contributed by atoms with Crippen molar-refractivity contribution in [2.75, 3.05) is 11.1 Å². The second-order valence-corrected chi connectivity index (χ2v) is 5.05. The number of H-pyrrole nitrogens is 1. The van der Waals surface area contributed by atoms with Gasteiger partial charge in [-0.2, -0.15) is 4.98 Å². The summed E-state index contributed by atoms with van der Waals surface area (Å²) < 4.78 is 13.0. The second kappa shape index (κ2) is 6.33. The number of rotatable bonds is 4. The van der Waals surface area contributed by atoms with Crippen LogP contribution in [0.2, 0.25) is 0 Å². The van der Waals surface area contributed by atoms with Gasteiger partial charge in [0.25, 0.3) is 0 Å². The molecule has 0 radical (unpaired) electrons. The SMILES string of the molecule is Cc1cc(SCC(=O)Nc2cccc(F)c2)nc(=O)[nH]1. The second-order valence-electron chi connectivity index (χ2n) is 4.05. The average molecular weight is 293 g/mol. The van der Waals surface area contributed by atoms with E-state index in [1.165, 1.54) is 18.2 Å². The van der Waals surface area contributed by atoms with Gasteiger partial charge in [-0.25, -0.2) is 9.18 Å². The van der Waals surface area contributed by atoms with Crippen LogP contribution in [-0.4, -0.2) is 21.6 Å². The van der Waals surface area contributed by atoms with Crippen LogP contribution in [0.1, 0.15) is 5.69 Å². The number of anilines is 1. The number of nitrogens with zero attached hydrogens (tertiary/aromatic N) is 1. The normalized spacial score (nSPS) is 10.3. The Bertz CT molecular complexity index is 687. The lowest BCUT2D eigenvalue weighted by atomic mass is 10.3. The first-order valence-electron chi connectivity index (χ1n) is 5.79. The van der Waals surface area contributed by atoms with E-state index < -0.39 is 11.5 Å². The van der Waals surface area contributed by atoms with E-state index in [0.717, 1.165) is 11.8 Å². The van der Waals surface area contributed by atoms with Crippen LogP contribution in [0.5, 0.6) is 0 Å². The van der Waals surface area contributed by atoms with Crippen molar-refractivity contribution in [3.05, 3.63) is 52.3 Å². The molecule has 0 unspecified atom stereocenters. The van der Waals surface area contributed by atoms with Gasteiger partial charge in [0.2, 0.25) is 5.91 Å². The summed E-state index contributed by atoms with van der Waals surface area (Å²) in [4.78, 5) is 29.1. The Morgan fingerprint density at radius 1 is 1.45 bits per heavy atom. The van der Waals surface area contributed by atoms with Gasteiger partial charge < -0.3 is 10.3 Å². The summed E-state index contributed by atoms with van der Waals surface area (Å²) in [6, 6.07) is 7.33. The number of carbonyl (C=O) groups is 1. The van der Waals surface area contributed by atoms with Crippen molar-refractivity contribution in [3.63, 3.8) is 0 Å². The fraction of sp³-hybridized carbons (Fsp3) is 0.154. The third-order valence-electron chi connectivity index (χ3n) is 2.32. The summed E-state index contributed by atoms with van der Waals surface area (Å²) in [5.41, 5.74) is 0.627. The largest absolute Gasteiger partial charge is 0.346 e. The number of nitrogens with one attached hydrogen (secondary N) is 2. The summed E-state index contributed by atoms with van der Waals surface area (Å²) in [7, 11) is 0. The molecular formula is C13H12FN3O2S. The summed E-state index contributed by atoms with van der Waals surface area (Å²) in [5.74, 6) is -0.616. The van der Waals surface area contributed by atoms with Crippen LogP contribution in [0, 0.1) is 12.7 Å². The summed E-state index contributed by atoms with van der Waals surface area (Å²) in [6.45, 7) is 1.74. The topological polar surface area (TPSA) is 74.8 Å². The highest BCUT2D eigenvalue weighted by Crippen LogP contribution is 2.15. The van der Waals surface area contributed by atoms with E-state index in [9.17, 15) is 14.0 Å². The fourth-order valence-corrected chi connectivity index (χ4v) is 2.29. The Kier molecular flexibility index (Phi) is 4.52. The summed E-state index contributed by atoms with van der Waals surface area (Å²) >= 11 is 1.14. The van der Waals surface area contributed by atoms with Gasteiger partial charge in [-0.05, 0) is 31.2 Å². The Labute approximate surface area is 118 Å². The highest BCUT2D eigenvalue weighted by atomic mass is 32.2. The molecule has 2 rings (SSSR count). The van der Waals surface area contributed by atoms with Gasteiger partial charge in [0, 0.05) is 11.4 Å². The molecular weight excluding hydrogens is 281 g/mol. The number of halogens is 1. The van der Waals surface area contributed by atoms with Gasteiger partial charge >= 0.3 is 5.69 Å². The minimum absolute atomic E-state index is 0.0897. The molecule has 2 aromatic rings. The Balaban J connectivity index is 1.93. The lowest BCUT2D eigenvalue weighted by molar-refractivity contribution is -0.113. The van der Waals surface area contributed by atoms with E-state index in [4.69, 9.17) is 0 Å². The Morgan fingerprint density at radius 2 is 2.25 bits per heavy atom. The quantitative estimate of drug-likeness (QED) is 0.667. The maximum atomic E-state index is 13.0. The van der Waals surface area contributed by atoms with Gasteiger partial charge in [0.1, 0.15) is 10.8 Å². The molecule has 0 aliphatic heterocycles. The lowest BCUT2D eigenvalue weighted by Gasteiger charge is -2.05. The number of hydrogen-bond acceptors (Lipinski definition) is 4. The molecule has 0 atom stereocenters. The van der Waals surface area contributed by atoms with Crippen LogP contribution in [0.3, 0.4) is 0 Å². The smallest absolute Gasteiger partial charge is 0.325 e. The zero-order valence-electron chi connectivity index (χ0n) is 10.6. The van der Waals surface area contributed by atoms with Gasteiger partial charge in [-0.15, -0.1) is 0 Å². The van der Waals surface area contributed by atoms with E-state index in [0.29, 0.717) is 16.4 Å². The third-order valence-corrected chi connectivity index (χ3v) is 3.23. The van der Waals surface area contributed by atoms with E-state index in [-0.39, 0.29) is 11.7 Å². The minimum atomic E-state index is -0.446. The molecule has 0 spiro atoms. The summed E-state index contributed by atoms with van der Waals surface area (Å²) in [6.07, 6.45) is 0. The van der Waals surface area contributed by atoms with Crippen molar-refractivity contribution >= 4 is 23.4 Å². The highest BCUT2D eigenvalue weighted by Gasteiger charge is 2.06. The maximum absolute atomic E-state index is 13.0. The zero-order valence-corrected chi connectivity index (χ0v) is 11.5. The molecule has 2 N–H and O–H groups in total. The number of carbonyl (C=O) groups excluding carboxylic acids is 1. The lowest BCUT2D eigenvalue weighted by Crippen LogP contribution is -2.16. The molecule has 0 fully saturated rings. The van der Waals surface area contributed by atoms with Crippen molar-refractivity contribution in [1.82, 2.24) is 9.97 Å². The molecule has 0 aliphatic rings. The number of hydrogen-bond donors (Lipinski definition) is 2. The molecule has 104 valence electrons. The molecule has 1 amide bonds. The first-order chi connectivity index (χ1) is 9.52.